The molecular formula is C24H25BrClNO3. The van der Waals surface area contributed by atoms with Crippen LogP contribution < -0.4 is 19.5 Å². The van der Waals surface area contributed by atoms with Crippen molar-refractivity contribution in [3.63, 3.8) is 0 Å². The summed E-state index contributed by atoms with van der Waals surface area (Å²) in [6.45, 7) is 4.40. The van der Waals surface area contributed by atoms with Crippen LogP contribution in [0.25, 0.3) is 0 Å². The monoisotopic (exact) mass is 489 g/mol. The Balaban J connectivity index is 1.65. The standard InChI is InChI=1S/C24H25BrClNO3/c1-3-29-23-13-19(15-27-14-17-7-9-21(28-2)10-8-17)12-22(25)24(23)30-16-18-5-4-6-20(26)11-18/h4-13,27H,3,14-16H2,1-2H3. The van der Waals surface area contributed by atoms with E-state index in [2.05, 4.69) is 39.4 Å². The Morgan fingerprint density at radius 1 is 0.900 bits per heavy atom. The fourth-order valence-corrected chi connectivity index (χ4v) is 3.82. The lowest BCUT2D eigenvalue weighted by molar-refractivity contribution is 0.267. The van der Waals surface area contributed by atoms with E-state index in [4.69, 9.17) is 25.8 Å². The minimum atomic E-state index is 0.411. The molecule has 0 fully saturated rings. The molecule has 0 aliphatic carbocycles. The predicted molar refractivity (Wildman–Crippen MR) is 125 cm³/mol. The molecular weight excluding hydrogens is 466 g/mol. The van der Waals surface area contributed by atoms with Gasteiger partial charge in [-0.05, 0) is 75.9 Å². The highest BCUT2D eigenvalue weighted by Crippen LogP contribution is 2.37. The van der Waals surface area contributed by atoms with Crippen molar-refractivity contribution in [1.29, 1.82) is 0 Å². The fourth-order valence-electron chi connectivity index (χ4n) is 3.00. The van der Waals surface area contributed by atoms with Crippen molar-refractivity contribution in [2.24, 2.45) is 0 Å². The van der Waals surface area contributed by atoms with E-state index in [1.165, 1.54) is 5.56 Å². The van der Waals surface area contributed by atoms with Crippen molar-refractivity contribution in [2.75, 3.05) is 13.7 Å². The van der Waals surface area contributed by atoms with E-state index >= 15 is 0 Å². The van der Waals surface area contributed by atoms with Crippen molar-refractivity contribution < 1.29 is 14.2 Å². The molecule has 0 bridgehead atoms. The smallest absolute Gasteiger partial charge is 0.175 e. The van der Waals surface area contributed by atoms with Crippen molar-refractivity contribution >= 4 is 27.5 Å². The van der Waals surface area contributed by atoms with Crippen LogP contribution in [-0.2, 0) is 19.7 Å². The molecule has 30 heavy (non-hydrogen) atoms. The maximum absolute atomic E-state index is 6.06. The van der Waals surface area contributed by atoms with E-state index in [0.29, 0.717) is 30.5 Å². The van der Waals surface area contributed by atoms with Crippen molar-refractivity contribution in [3.05, 3.63) is 86.8 Å². The molecule has 158 valence electrons. The van der Waals surface area contributed by atoms with E-state index < -0.39 is 0 Å². The van der Waals surface area contributed by atoms with Gasteiger partial charge in [-0.15, -0.1) is 0 Å². The first-order valence-corrected chi connectivity index (χ1v) is 10.9. The summed E-state index contributed by atoms with van der Waals surface area (Å²) in [6.07, 6.45) is 0. The minimum Gasteiger partial charge on any atom is -0.497 e. The third kappa shape index (κ3) is 6.39. The number of ether oxygens (including phenoxy) is 3. The highest BCUT2D eigenvalue weighted by atomic mass is 79.9. The highest BCUT2D eigenvalue weighted by Gasteiger charge is 2.13. The Morgan fingerprint density at radius 3 is 2.37 bits per heavy atom. The Kier molecular flexibility index (Phi) is 8.43. The van der Waals surface area contributed by atoms with Gasteiger partial charge < -0.3 is 19.5 Å². The molecule has 0 spiro atoms. The summed E-state index contributed by atoms with van der Waals surface area (Å²) in [4.78, 5) is 0. The van der Waals surface area contributed by atoms with Crippen molar-refractivity contribution in [1.82, 2.24) is 5.32 Å². The molecule has 3 aromatic carbocycles. The lowest BCUT2D eigenvalue weighted by Gasteiger charge is -2.16. The maximum atomic E-state index is 6.06. The Labute approximate surface area is 191 Å². The summed E-state index contributed by atoms with van der Waals surface area (Å²) in [5, 5.41) is 4.16. The van der Waals surface area contributed by atoms with E-state index in [1.807, 2.05) is 49.4 Å². The van der Waals surface area contributed by atoms with Gasteiger partial charge in [0.2, 0.25) is 0 Å². The second-order valence-electron chi connectivity index (χ2n) is 6.71. The van der Waals surface area contributed by atoms with Crippen molar-refractivity contribution in [3.8, 4) is 17.2 Å². The van der Waals surface area contributed by atoms with Gasteiger partial charge >= 0.3 is 0 Å². The van der Waals surface area contributed by atoms with E-state index in [0.717, 1.165) is 33.6 Å². The lowest BCUT2D eigenvalue weighted by Crippen LogP contribution is -2.13. The molecule has 0 saturated carbocycles. The number of rotatable bonds is 10. The summed E-state index contributed by atoms with van der Waals surface area (Å²) < 4.78 is 17.9. The van der Waals surface area contributed by atoms with E-state index in [1.54, 1.807) is 7.11 Å². The Hall–Kier alpha value is -2.21. The second-order valence-corrected chi connectivity index (χ2v) is 8.00. The van der Waals surface area contributed by atoms with Crippen LogP contribution in [0.4, 0.5) is 0 Å². The van der Waals surface area contributed by atoms with Crippen LogP contribution in [0.1, 0.15) is 23.6 Å². The molecule has 0 aromatic heterocycles. The van der Waals surface area contributed by atoms with Gasteiger partial charge in [0.25, 0.3) is 0 Å². The molecule has 0 aliphatic heterocycles. The molecule has 0 radical (unpaired) electrons. The van der Waals surface area contributed by atoms with Gasteiger partial charge in [-0.2, -0.15) is 0 Å². The number of hydrogen-bond donors (Lipinski definition) is 1. The molecule has 3 rings (SSSR count). The van der Waals surface area contributed by atoms with Crippen LogP contribution in [0.5, 0.6) is 17.2 Å². The van der Waals surface area contributed by atoms with Crippen LogP contribution >= 0.6 is 27.5 Å². The number of halogens is 2. The zero-order valence-corrected chi connectivity index (χ0v) is 19.4. The molecule has 0 amide bonds. The summed E-state index contributed by atoms with van der Waals surface area (Å²) in [6, 6.07) is 19.8. The summed E-state index contributed by atoms with van der Waals surface area (Å²) in [5.74, 6) is 2.27. The predicted octanol–water partition coefficient (Wildman–Crippen LogP) is 6.38. The molecule has 1 N–H and O–H groups in total. The quantitative estimate of drug-likeness (QED) is 0.358. The van der Waals surface area contributed by atoms with Crippen LogP contribution in [0.15, 0.2) is 65.1 Å². The molecule has 4 nitrogen and oxygen atoms in total. The number of methoxy groups -OCH3 is 1. The Morgan fingerprint density at radius 2 is 1.67 bits per heavy atom. The first kappa shape index (κ1) is 22.5. The van der Waals surface area contributed by atoms with Crippen LogP contribution in [0.2, 0.25) is 5.02 Å². The largest absolute Gasteiger partial charge is 0.497 e. The van der Waals surface area contributed by atoms with Crippen molar-refractivity contribution in [2.45, 2.75) is 26.6 Å². The summed E-state index contributed by atoms with van der Waals surface area (Å²) >= 11 is 9.70. The molecule has 3 aromatic rings. The van der Waals surface area contributed by atoms with E-state index in [9.17, 15) is 0 Å². The van der Waals surface area contributed by atoms with Gasteiger partial charge in [0.1, 0.15) is 12.4 Å². The van der Waals surface area contributed by atoms with Gasteiger partial charge in [-0.3, -0.25) is 0 Å². The first-order valence-electron chi connectivity index (χ1n) is 9.75. The molecule has 0 aliphatic rings. The number of hydrogen-bond acceptors (Lipinski definition) is 4. The number of nitrogens with one attached hydrogen (secondary N) is 1. The van der Waals surface area contributed by atoms with Gasteiger partial charge in [0.05, 0.1) is 18.2 Å². The summed E-state index contributed by atoms with van der Waals surface area (Å²) in [5.41, 5.74) is 3.30. The highest BCUT2D eigenvalue weighted by molar-refractivity contribution is 9.10. The zero-order chi connectivity index (χ0) is 21.3. The van der Waals surface area contributed by atoms with E-state index in [-0.39, 0.29) is 0 Å². The minimum absolute atomic E-state index is 0.411. The normalized spacial score (nSPS) is 10.7. The average molecular weight is 491 g/mol. The summed E-state index contributed by atoms with van der Waals surface area (Å²) in [7, 11) is 1.67. The zero-order valence-electron chi connectivity index (χ0n) is 17.1. The molecule has 0 saturated heterocycles. The van der Waals surface area contributed by atoms with Gasteiger partial charge in [0.15, 0.2) is 11.5 Å². The SMILES string of the molecule is CCOc1cc(CNCc2ccc(OC)cc2)cc(Br)c1OCc1cccc(Cl)c1. The average Bonchev–Trinajstić information content (AvgIpc) is 2.74. The Bertz CT molecular complexity index is 963. The molecule has 6 heteroatoms. The first-order chi connectivity index (χ1) is 14.6. The maximum Gasteiger partial charge on any atom is 0.175 e. The third-order valence-corrected chi connectivity index (χ3v) is 5.28. The molecule has 0 unspecified atom stereocenters. The van der Waals surface area contributed by atoms with Crippen LogP contribution in [-0.4, -0.2) is 13.7 Å². The second kappa shape index (κ2) is 11.3. The lowest BCUT2D eigenvalue weighted by atomic mass is 10.1. The molecule has 0 heterocycles. The van der Waals surface area contributed by atoms with Gasteiger partial charge in [-0.1, -0.05) is 35.9 Å². The molecule has 0 atom stereocenters. The van der Waals surface area contributed by atoms with Gasteiger partial charge in [0, 0.05) is 18.1 Å². The topological polar surface area (TPSA) is 39.7 Å². The number of benzene rings is 3. The van der Waals surface area contributed by atoms with Crippen LogP contribution in [0.3, 0.4) is 0 Å². The van der Waals surface area contributed by atoms with Gasteiger partial charge in [-0.25, -0.2) is 0 Å². The fraction of sp³-hybridized carbons (Fsp3) is 0.250. The third-order valence-electron chi connectivity index (χ3n) is 4.46. The van der Waals surface area contributed by atoms with Crippen LogP contribution in [0, 0.1) is 0 Å².